The van der Waals surface area contributed by atoms with Gasteiger partial charge in [0.2, 0.25) is 0 Å². The monoisotopic (exact) mass is 328 g/mol. The van der Waals surface area contributed by atoms with Crippen molar-refractivity contribution in [2.45, 2.75) is 38.8 Å². The summed E-state index contributed by atoms with van der Waals surface area (Å²) in [5.74, 6) is -0.205. The topological polar surface area (TPSA) is 15.3 Å². The number of aryl methyl sites for hydroxylation is 1. The van der Waals surface area contributed by atoms with Gasteiger partial charge >= 0.3 is 0 Å². The van der Waals surface area contributed by atoms with Crippen LogP contribution in [0.15, 0.2) is 48.5 Å². The Kier molecular flexibility index (Phi) is 4.91. The van der Waals surface area contributed by atoms with E-state index in [0.717, 1.165) is 35.6 Å². The van der Waals surface area contributed by atoms with Crippen LogP contribution in [-0.4, -0.2) is 16.1 Å². The molecule has 2 aromatic carbocycles. The van der Waals surface area contributed by atoms with E-state index in [9.17, 15) is 4.39 Å². The second-order valence-corrected chi connectivity index (χ2v) is 6.36. The Labute approximate surface area is 142 Å². The highest BCUT2D eigenvalue weighted by molar-refractivity contribution is 7.80. The molecule has 0 radical (unpaired) electrons. The fourth-order valence-corrected chi connectivity index (χ4v) is 2.94. The normalized spacial score (nSPS) is 13.7. The molecule has 0 unspecified atom stereocenters. The number of anilines is 1. The second kappa shape index (κ2) is 7.09. The van der Waals surface area contributed by atoms with Crippen molar-refractivity contribution in [2.75, 3.05) is 5.32 Å². The third kappa shape index (κ3) is 4.29. The highest BCUT2D eigenvalue weighted by Crippen LogP contribution is 2.29. The van der Waals surface area contributed by atoms with Gasteiger partial charge < -0.3 is 10.2 Å². The zero-order chi connectivity index (χ0) is 16.2. The molecule has 1 fully saturated rings. The Bertz CT molecular complexity index is 680. The Morgan fingerprint density at radius 2 is 1.91 bits per heavy atom. The number of nitrogens with one attached hydrogen (secondary N) is 1. The maximum atomic E-state index is 13.1. The van der Waals surface area contributed by atoms with Gasteiger partial charge in [0.1, 0.15) is 5.82 Å². The van der Waals surface area contributed by atoms with Crippen LogP contribution in [-0.2, 0) is 13.0 Å². The Morgan fingerprint density at radius 3 is 2.57 bits per heavy atom. The molecule has 0 spiro atoms. The fraction of sp³-hybridized carbons (Fsp3) is 0.316. The summed E-state index contributed by atoms with van der Waals surface area (Å²) in [7, 11) is 0. The molecule has 120 valence electrons. The summed E-state index contributed by atoms with van der Waals surface area (Å²) in [6.07, 6.45) is 3.33. The largest absolute Gasteiger partial charge is 0.342 e. The molecule has 23 heavy (non-hydrogen) atoms. The lowest BCUT2D eigenvalue weighted by Crippen LogP contribution is -2.36. The molecule has 2 aromatic rings. The first-order valence-corrected chi connectivity index (χ1v) is 8.47. The van der Waals surface area contributed by atoms with Gasteiger partial charge in [0.15, 0.2) is 5.11 Å². The van der Waals surface area contributed by atoms with Crippen LogP contribution in [0.5, 0.6) is 0 Å². The minimum atomic E-state index is -0.205. The van der Waals surface area contributed by atoms with E-state index < -0.39 is 0 Å². The average Bonchev–Trinajstić information content (AvgIpc) is 3.39. The van der Waals surface area contributed by atoms with Crippen molar-refractivity contribution < 1.29 is 4.39 Å². The summed E-state index contributed by atoms with van der Waals surface area (Å²) in [6, 6.07) is 15.5. The molecule has 4 heteroatoms. The lowest BCUT2D eigenvalue weighted by atomic mass is 10.1. The Hall–Kier alpha value is -1.94. The van der Waals surface area contributed by atoms with Crippen molar-refractivity contribution in [2.24, 2.45) is 0 Å². The number of benzene rings is 2. The first kappa shape index (κ1) is 15.9. The molecule has 0 saturated heterocycles. The van der Waals surface area contributed by atoms with Gasteiger partial charge in [-0.2, -0.15) is 0 Å². The number of nitrogens with zero attached hydrogens (tertiary/aromatic N) is 1. The molecule has 0 atom stereocenters. The molecule has 0 aliphatic heterocycles. The van der Waals surface area contributed by atoms with Crippen molar-refractivity contribution in [1.29, 1.82) is 0 Å². The van der Waals surface area contributed by atoms with E-state index in [1.165, 1.54) is 17.7 Å². The molecule has 2 nitrogen and oxygen atoms in total. The molecule has 1 saturated carbocycles. The summed E-state index contributed by atoms with van der Waals surface area (Å²) in [5.41, 5.74) is 3.39. The standard InChI is InChI=1S/C19H21FN2S/c1-2-14-4-3-5-17(12-14)21-19(23)22(18-10-11-18)13-15-6-8-16(20)9-7-15/h3-9,12,18H,2,10-11,13H2,1H3,(H,21,23). The number of hydrogen-bond donors (Lipinski definition) is 1. The Balaban J connectivity index is 1.70. The number of rotatable bonds is 5. The van der Waals surface area contributed by atoms with Gasteiger partial charge in [0.25, 0.3) is 0 Å². The van der Waals surface area contributed by atoms with Crippen LogP contribution in [0.2, 0.25) is 0 Å². The van der Waals surface area contributed by atoms with E-state index >= 15 is 0 Å². The van der Waals surface area contributed by atoms with E-state index in [2.05, 4.69) is 29.3 Å². The van der Waals surface area contributed by atoms with E-state index in [1.807, 2.05) is 24.3 Å². The Morgan fingerprint density at radius 1 is 1.17 bits per heavy atom. The number of hydrogen-bond acceptors (Lipinski definition) is 1. The highest BCUT2D eigenvalue weighted by atomic mass is 32.1. The predicted molar refractivity (Wildman–Crippen MR) is 97.0 cm³/mol. The van der Waals surface area contributed by atoms with Crippen molar-refractivity contribution in [3.8, 4) is 0 Å². The predicted octanol–water partition coefficient (Wildman–Crippen LogP) is 4.75. The van der Waals surface area contributed by atoms with Crippen LogP contribution >= 0.6 is 12.2 Å². The van der Waals surface area contributed by atoms with Crippen LogP contribution in [0, 0.1) is 5.82 Å². The quantitative estimate of drug-likeness (QED) is 0.798. The SMILES string of the molecule is CCc1cccc(NC(=S)N(Cc2ccc(F)cc2)C2CC2)c1. The van der Waals surface area contributed by atoms with Crippen LogP contribution in [0.4, 0.5) is 10.1 Å². The molecule has 0 amide bonds. The van der Waals surface area contributed by atoms with Gasteiger partial charge in [-0.3, -0.25) is 0 Å². The summed E-state index contributed by atoms with van der Waals surface area (Å²) in [6.45, 7) is 2.85. The summed E-state index contributed by atoms with van der Waals surface area (Å²) < 4.78 is 13.1. The van der Waals surface area contributed by atoms with Crippen LogP contribution in [0.3, 0.4) is 0 Å². The minimum Gasteiger partial charge on any atom is -0.342 e. The molecule has 1 N–H and O–H groups in total. The van der Waals surface area contributed by atoms with Gasteiger partial charge in [0.05, 0.1) is 0 Å². The van der Waals surface area contributed by atoms with E-state index in [-0.39, 0.29) is 5.82 Å². The van der Waals surface area contributed by atoms with Gasteiger partial charge in [0, 0.05) is 18.3 Å². The zero-order valence-electron chi connectivity index (χ0n) is 13.3. The summed E-state index contributed by atoms with van der Waals surface area (Å²) in [4.78, 5) is 2.21. The lowest BCUT2D eigenvalue weighted by Gasteiger charge is -2.26. The molecule has 0 bridgehead atoms. The summed E-state index contributed by atoms with van der Waals surface area (Å²) >= 11 is 5.62. The van der Waals surface area contributed by atoms with Gasteiger partial charge in [-0.1, -0.05) is 31.2 Å². The minimum absolute atomic E-state index is 0.205. The van der Waals surface area contributed by atoms with Crippen molar-refractivity contribution in [3.05, 3.63) is 65.5 Å². The molecule has 0 aromatic heterocycles. The van der Waals surface area contributed by atoms with Gasteiger partial charge in [-0.25, -0.2) is 4.39 Å². The van der Waals surface area contributed by atoms with Crippen LogP contribution in [0.25, 0.3) is 0 Å². The maximum absolute atomic E-state index is 13.1. The van der Waals surface area contributed by atoms with Crippen LogP contribution < -0.4 is 5.32 Å². The van der Waals surface area contributed by atoms with E-state index in [4.69, 9.17) is 12.2 Å². The molecule has 1 aliphatic carbocycles. The third-order valence-corrected chi connectivity index (χ3v) is 4.44. The van der Waals surface area contributed by atoms with Crippen molar-refractivity contribution >= 4 is 23.0 Å². The molecular formula is C19H21FN2S. The average molecular weight is 328 g/mol. The molecule has 0 heterocycles. The molecule has 1 aliphatic rings. The second-order valence-electron chi connectivity index (χ2n) is 5.97. The van der Waals surface area contributed by atoms with Gasteiger partial charge in [-0.15, -0.1) is 0 Å². The first-order valence-electron chi connectivity index (χ1n) is 8.06. The van der Waals surface area contributed by atoms with Crippen molar-refractivity contribution in [3.63, 3.8) is 0 Å². The summed E-state index contributed by atoms with van der Waals surface area (Å²) in [5, 5.41) is 4.09. The smallest absolute Gasteiger partial charge is 0.173 e. The molecular weight excluding hydrogens is 307 g/mol. The first-order chi connectivity index (χ1) is 11.2. The lowest BCUT2D eigenvalue weighted by molar-refractivity contribution is 0.409. The molecule has 3 rings (SSSR count). The van der Waals surface area contributed by atoms with Gasteiger partial charge in [-0.05, 0) is 66.9 Å². The van der Waals surface area contributed by atoms with E-state index in [1.54, 1.807) is 0 Å². The zero-order valence-corrected chi connectivity index (χ0v) is 14.1. The van der Waals surface area contributed by atoms with E-state index in [0.29, 0.717) is 12.6 Å². The number of halogens is 1. The van der Waals surface area contributed by atoms with Crippen LogP contribution in [0.1, 0.15) is 30.9 Å². The highest BCUT2D eigenvalue weighted by Gasteiger charge is 2.30. The fourth-order valence-electron chi connectivity index (χ4n) is 2.60. The third-order valence-electron chi connectivity index (χ3n) is 4.10. The number of thiocarbonyl (C=S) groups is 1. The van der Waals surface area contributed by atoms with Crippen molar-refractivity contribution in [1.82, 2.24) is 4.90 Å². The maximum Gasteiger partial charge on any atom is 0.173 e.